The van der Waals surface area contributed by atoms with Crippen LogP contribution in [0.3, 0.4) is 0 Å². The van der Waals surface area contributed by atoms with Gasteiger partial charge in [0.2, 0.25) is 0 Å². The molecule has 1 fully saturated rings. The van der Waals surface area contributed by atoms with Gasteiger partial charge in [-0.15, -0.1) is 0 Å². The van der Waals surface area contributed by atoms with E-state index in [2.05, 4.69) is 0 Å². The zero-order chi connectivity index (χ0) is 28.1. The van der Waals surface area contributed by atoms with Gasteiger partial charge >= 0.3 is 10.2 Å². The highest BCUT2D eigenvalue weighted by Gasteiger charge is 2.46. The molecule has 1 saturated heterocycles. The van der Waals surface area contributed by atoms with Crippen molar-refractivity contribution in [2.45, 2.75) is 38.6 Å². The summed E-state index contributed by atoms with van der Waals surface area (Å²) in [6.45, 7) is -0.958. The smallest absolute Gasteiger partial charge is 0.331 e. The first-order chi connectivity index (χ1) is 19.4. The number of nitrogens with zero attached hydrogens (tertiary/aromatic N) is 2. The quantitative estimate of drug-likeness (QED) is 0.255. The highest BCUT2D eigenvalue weighted by atomic mass is 32.2. The molecule has 0 radical (unpaired) electrons. The summed E-state index contributed by atoms with van der Waals surface area (Å²) >= 11 is 0. The van der Waals surface area contributed by atoms with E-state index in [0.717, 1.165) is 15.4 Å². The largest absolute Gasteiger partial charge is 0.465 e. The molecule has 1 aliphatic carbocycles. The summed E-state index contributed by atoms with van der Waals surface area (Å²) in [7, 11) is -2.89. The average Bonchev–Trinajstić information content (AvgIpc) is 3.19. The van der Waals surface area contributed by atoms with Gasteiger partial charge in [0.25, 0.3) is 5.91 Å². The summed E-state index contributed by atoms with van der Waals surface area (Å²) < 4.78 is 67.0. The number of carbonyl (C=O) groups is 1. The number of fused-ring (bicyclic) bond motifs is 1. The van der Waals surface area contributed by atoms with Crippen LogP contribution in [0.25, 0.3) is 0 Å². The number of hydrogen-bond acceptors (Lipinski definition) is 7. The van der Waals surface area contributed by atoms with E-state index in [1.165, 1.54) is 0 Å². The van der Waals surface area contributed by atoms with Crippen LogP contribution < -0.4 is 9.04 Å². The van der Waals surface area contributed by atoms with Crippen molar-refractivity contribution in [2.75, 3.05) is 31.5 Å². The Hall–Kier alpha value is -3.51. The van der Waals surface area contributed by atoms with E-state index in [0.29, 0.717) is 28.3 Å². The van der Waals surface area contributed by atoms with Crippen LogP contribution in [0.1, 0.15) is 28.7 Å². The van der Waals surface area contributed by atoms with Gasteiger partial charge in [-0.1, -0.05) is 60.7 Å². The third kappa shape index (κ3) is 5.97. The van der Waals surface area contributed by atoms with E-state index in [9.17, 15) is 13.2 Å². The highest BCUT2D eigenvalue weighted by molar-refractivity contribution is 7.91. The number of anilines is 1. The van der Waals surface area contributed by atoms with E-state index in [1.54, 1.807) is 13.2 Å². The summed E-state index contributed by atoms with van der Waals surface area (Å²) in [4.78, 5) is 12.9. The lowest BCUT2D eigenvalue weighted by Crippen LogP contribution is -2.36. The molecule has 0 saturated carbocycles. The number of benzene rings is 3. The number of hydrogen-bond donors (Lipinski definition) is 0. The molecule has 0 spiro atoms. The van der Waals surface area contributed by atoms with Crippen molar-refractivity contribution in [3.63, 3.8) is 0 Å². The first-order valence-corrected chi connectivity index (χ1v) is 14.3. The van der Waals surface area contributed by atoms with Gasteiger partial charge in [-0.05, 0) is 41.2 Å². The van der Waals surface area contributed by atoms with Gasteiger partial charge in [-0.3, -0.25) is 4.79 Å². The normalized spacial score (nSPS) is 18.1. The van der Waals surface area contributed by atoms with E-state index in [-0.39, 0.29) is 44.0 Å². The van der Waals surface area contributed by atoms with E-state index in [1.807, 2.05) is 60.7 Å². The molecule has 40 heavy (non-hydrogen) atoms. The fourth-order valence-electron chi connectivity index (χ4n) is 4.86. The summed E-state index contributed by atoms with van der Waals surface area (Å²) in [5.41, 5.74) is 2.49. The minimum atomic E-state index is -4.45. The standard InChI is InChI=1S/C29H31FN2O7S/c1-36-24-13-12-23-14-26(39-20-38-18-22-10-6-3-7-11-22)29(28(30)25(23)15-24)31-16-27(33)32(40(31,34)35)19-37-17-21-8-4-2-5-9-21/h2-11,14,24H,12-13,15-20H2,1H3/t24-/m0/s1. The molecule has 1 atom stereocenters. The van der Waals surface area contributed by atoms with Crippen LogP contribution in [0.4, 0.5) is 10.1 Å². The summed E-state index contributed by atoms with van der Waals surface area (Å²) in [5, 5.41) is 0. The van der Waals surface area contributed by atoms with Crippen molar-refractivity contribution >= 4 is 21.8 Å². The van der Waals surface area contributed by atoms with Gasteiger partial charge in [0.1, 0.15) is 24.7 Å². The zero-order valence-corrected chi connectivity index (χ0v) is 22.9. The Morgan fingerprint density at radius 1 is 0.975 bits per heavy atom. The molecular weight excluding hydrogens is 539 g/mol. The fourth-order valence-corrected chi connectivity index (χ4v) is 6.30. The number of rotatable bonds is 11. The van der Waals surface area contributed by atoms with Crippen LogP contribution in [0.2, 0.25) is 0 Å². The van der Waals surface area contributed by atoms with Crippen molar-refractivity contribution < 1.29 is 36.6 Å². The van der Waals surface area contributed by atoms with Crippen LogP contribution in [-0.4, -0.2) is 51.9 Å². The molecule has 1 aliphatic heterocycles. The number of halogens is 1. The fraction of sp³-hybridized carbons (Fsp3) is 0.345. The number of methoxy groups -OCH3 is 1. The monoisotopic (exact) mass is 570 g/mol. The Labute approximate surface area is 233 Å². The van der Waals surface area contributed by atoms with Crippen LogP contribution in [-0.2, 0) is 55.3 Å². The second-order valence-corrected chi connectivity index (χ2v) is 11.4. The number of amides is 1. The van der Waals surface area contributed by atoms with Gasteiger partial charge in [-0.25, -0.2) is 8.70 Å². The van der Waals surface area contributed by atoms with Gasteiger partial charge in [0.05, 0.1) is 19.3 Å². The molecule has 9 nitrogen and oxygen atoms in total. The Balaban J connectivity index is 1.39. The van der Waals surface area contributed by atoms with Crippen LogP contribution >= 0.6 is 0 Å². The van der Waals surface area contributed by atoms with Gasteiger partial charge in [0.15, 0.2) is 12.6 Å². The van der Waals surface area contributed by atoms with Crippen LogP contribution in [0, 0.1) is 5.82 Å². The lowest BCUT2D eigenvalue weighted by atomic mass is 9.88. The molecule has 2 aliphatic rings. The van der Waals surface area contributed by atoms with Crippen LogP contribution in [0.15, 0.2) is 66.7 Å². The number of ether oxygens (including phenoxy) is 4. The van der Waals surface area contributed by atoms with E-state index >= 15 is 4.39 Å². The lowest BCUT2D eigenvalue weighted by molar-refractivity contribution is -0.127. The molecule has 3 aromatic carbocycles. The van der Waals surface area contributed by atoms with Crippen molar-refractivity contribution in [1.82, 2.24) is 4.31 Å². The molecule has 0 unspecified atom stereocenters. The Kier molecular flexibility index (Phi) is 8.65. The molecule has 212 valence electrons. The molecule has 1 amide bonds. The Bertz CT molecular complexity index is 1440. The minimum absolute atomic E-state index is 0.0105. The summed E-state index contributed by atoms with van der Waals surface area (Å²) in [6.07, 6.45) is 1.31. The SMILES string of the molecule is CO[C@H]1CCc2cc(OCOCc3ccccc3)c(N3CC(=O)N(COCc4ccccc4)S3(=O)=O)c(F)c2C1. The van der Waals surface area contributed by atoms with Crippen molar-refractivity contribution in [2.24, 2.45) is 0 Å². The van der Waals surface area contributed by atoms with E-state index in [4.69, 9.17) is 18.9 Å². The maximum atomic E-state index is 16.2. The maximum absolute atomic E-state index is 16.2. The minimum Gasteiger partial charge on any atom is -0.465 e. The number of carbonyl (C=O) groups excluding carboxylic acids is 1. The Morgan fingerprint density at radius 3 is 2.27 bits per heavy atom. The molecule has 0 bridgehead atoms. The van der Waals surface area contributed by atoms with Gasteiger partial charge < -0.3 is 18.9 Å². The van der Waals surface area contributed by atoms with Crippen LogP contribution in [0.5, 0.6) is 5.75 Å². The first-order valence-electron chi connectivity index (χ1n) is 12.9. The third-order valence-electron chi connectivity index (χ3n) is 6.99. The topological polar surface area (TPSA) is 94.6 Å². The lowest BCUT2D eigenvalue weighted by Gasteiger charge is -2.28. The van der Waals surface area contributed by atoms with Crippen molar-refractivity contribution in [3.05, 3.63) is 94.8 Å². The second-order valence-electron chi connectivity index (χ2n) is 9.59. The zero-order valence-electron chi connectivity index (χ0n) is 22.1. The predicted molar refractivity (Wildman–Crippen MR) is 145 cm³/mol. The maximum Gasteiger partial charge on any atom is 0.331 e. The summed E-state index contributed by atoms with van der Waals surface area (Å²) in [6, 6.07) is 20.3. The van der Waals surface area contributed by atoms with Crippen molar-refractivity contribution in [1.29, 1.82) is 0 Å². The summed E-state index contributed by atoms with van der Waals surface area (Å²) in [5.74, 6) is -1.49. The molecule has 0 aromatic heterocycles. The molecule has 3 aromatic rings. The van der Waals surface area contributed by atoms with Gasteiger partial charge in [-0.2, -0.15) is 12.7 Å². The molecule has 5 rings (SSSR count). The van der Waals surface area contributed by atoms with Crippen molar-refractivity contribution in [3.8, 4) is 5.75 Å². The molecule has 1 heterocycles. The Morgan fingerprint density at radius 2 is 1.62 bits per heavy atom. The molecular formula is C29H31FN2O7S. The average molecular weight is 571 g/mol. The van der Waals surface area contributed by atoms with E-state index < -0.39 is 35.2 Å². The third-order valence-corrected chi connectivity index (χ3v) is 8.73. The molecule has 0 N–H and O–H groups in total. The highest BCUT2D eigenvalue weighted by Crippen LogP contribution is 2.42. The number of aryl methyl sites for hydroxylation is 1. The first kappa shape index (κ1) is 28.0. The predicted octanol–water partition coefficient (Wildman–Crippen LogP) is 3.95. The molecule has 11 heteroatoms. The van der Waals surface area contributed by atoms with Gasteiger partial charge in [0, 0.05) is 13.5 Å². The second kappa shape index (κ2) is 12.3.